The molecule has 2 aromatic carbocycles. The summed E-state index contributed by atoms with van der Waals surface area (Å²) in [7, 11) is 1.39. The van der Waals surface area contributed by atoms with Crippen molar-refractivity contribution in [1.82, 2.24) is 0 Å². The standard InChI is InChI=1S/C30H34O5/c1-19-27(28(31)32-3)35-30(34-19)16-14-26-25-11-9-21-17-22(33-18-20-7-5-4-6-8-20)10-12-23(21)24(25)13-15-29(26,30)2/h4-8,10,12,17,24-26H,9,11,13-16,18H2,1-3H3/t24-,25-,26+,29+,30?/m1/s1. The first kappa shape index (κ1) is 22.5. The molecule has 1 aliphatic heterocycles. The van der Waals surface area contributed by atoms with Crippen LogP contribution in [0, 0.1) is 17.3 Å². The zero-order valence-corrected chi connectivity index (χ0v) is 20.8. The van der Waals surface area contributed by atoms with Crippen molar-refractivity contribution in [3.8, 4) is 5.75 Å². The van der Waals surface area contributed by atoms with E-state index >= 15 is 0 Å². The van der Waals surface area contributed by atoms with Crippen LogP contribution in [-0.4, -0.2) is 18.9 Å². The van der Waals surface area contributed by atoms with Crippen LogP contribution in [0.1, 0.15) is 68.6 Å². The van der Waals surface area contributed by atoms with Crippen LogP contribution in [0.3, 0.4) is 0 Å². The average molecular weight is 475 g/mol. The van der Waals surface area contributed by atoms with Crippen LogP contribution < -0.4 is 4.74 Å². The van der Waals surface area contributed by atoms with E-state index in [4.69, 9.17) is 18.9 Å². The fourth-order valence-corrected chi connectivity index (χ4v) is 7.51. The summed E-state index contributed by atoms with van der Waals surface area (Å²) >= 11 is 0. The fourth-order valence-electron chi connectivity index (χ4n) is 7.51. The van der Waals surface area contributed by atoms with E-state index in [0.29, 0.717) is 30.1 Å². The first-order valence-electron chi connectivity index (χ1n) is 12.9. The molecule has 0 bridgehead atoms. The van der Waals surface area contributed by atoms with E-state index in [-0.39, 0.29) is 11.2 Å². The third-order valence-electron chi connectivity index (χ3n) is 9.27. The summed E-state index contributed by atoms with van der Waals surface area (Å²) in [5.41, 5.74) is 3.99. The van der Waals surface area contributed by atoms with Gasteiger partial charge in [0.1, 0.15) is 18.1 Å². The molecule has 1 heterocycles. The van der Waals surface area contributed by atoms with Gasteiger partial charge in [-0.15, -0.1) is 0 Å². The Morgan fingerprint density at radius 2 is 1.89 bits per heavy atom. The summed E-state index contributed by atoms with van der Waals surface area (Å²) in [6.07, 6.45) is 6.25. The van der Waals surface area contributed by atoms with Crippen molar-refractivity contribution >= 4 is 5.97 Å². The SMILES string of the molecule is COC(=O)C1=C(C)OC2(CC[C@H]3[C@@H]4CCc5cc(OCc6ccccc6)ccc5[C@H]4CC[C@@]32C)O1. The molecule has 5 atom stereocenters. The number of allylic oxidation sites excluding steroid dienone is 1. The number of carbonyl (C=O) groups is 1. The molecule has 6 rings (SSSR count). The van der Waals surface area contributed by atoms with Gasteiger partial charge in [-0.3, -0.25) is 0 Å². The van der Waals surface area contributed by atoms with Crippen molar-refractivity contribution in [1.29, 1.82) is 0 Å². The van der Waals surface area contributed by atoms with Crippen LogP contribution in [-0.2, 0) is 32.0 Å². The number of carbonyl (C=O) groups excluding carboxylic acids is 1. The second-order valence-corrected chi connectivity index (χ2v) is 10.9. The molecule has 5 nitrogen and oxygen atoms in total. The van der Waals surface area contributed by atoms with Crippen LogP contribution >= 0.6 is 0 Å². The normalized spacial score (nSPS) is 32.8. The lowest BCUT2D eigenvalue weighted by atomic mass is 9.55. The van der Waals surface area contributed by atoms with Gasteiger partial charge < -0.3 is 18.9 Å². The minimum Gasteiger partial charge on any atom is -0.489 e. The summed E-state index contributed by atoms with van der Waals surface area (Å²) in [6.45, 7) is 4.73. The monoisotopic (exact) mass is 474 g/mol. The third-order valence-corrected chi connectivity index (χ3v) is 9.27. The average Bonchev–Trinajstić information content (AvgIpc) is 3.38. The van der Waals surface area contributed by atoms with Gasteiger partial charge in [-0.05, 0) is 85.6 Å². The molecule has 3 aliphatic carbocycles. The minimum absolute atomic E-state index is 0.124. The molecule has 0 N–H and O–H groups in total. The maximum Gasteiger partial charge on any atom is 0.377 e. The van der Waals surface area contributed by atoms with E-state index in [1.807, 2.05) is 25.1 Å². The molecule has 1 spiro atoms. The van der Waals surface area contributed by atoms with Crippen molar-refractivity contribution in [3.63, 3.8) is 0 Å². The molecule has 1 unspecified atom stereocenters. The number of ether oxygens (including phenoxy) is 4. The Labute approximate surface area is 207 Å². The van der Waals surface area contributed by atoms with Crippen LogP contribution in [0.4, 0.5) is 0 Å². The molecule has 0 radical (unpaired) electrons. The highest BCUT2D eigenvalue weighted by Gasteiger charge is 2.67. The first-order chi connectivity index (χ1) is 16.9. The molecule has 2 aromatic rings. The highest BCUT2D eigenvalue weighted by molar-refractivity contribution is 5.87. The second kappa shape index (κ2) is 8.32. The molecular formula is C30H34O5. The summed E-state index contributed by atoms with van der Waals surface area (Å²) in [4.78, 5) is 12.3. The van der Waals surface area contributed by atoms with Crippen LogP contribution in [0.5, 0.6) is 5.75 Å². The first-order valence-corrected chi connectivity index (χ1v) is 12.9. The lowest BCUT2D eigenvalue weighted by molar-refractivity contribution is -0.235. The van der Waals surface area contributed by atoms with Gasteiger partial charge in [0.15, 0.2) is 0 Å². The predicted molar refractivity (Wildman–Crippen MR) is 131 cm³/mol. The Morgan fingerprint density at radius 1 is 1.06 bits per heavy atom. The quantitative estimate of drug-likeness (QED) is 0.489. The number of hydrogen-bond acceptors (Lipinski definition) is 5. The lowest BCUT2D eigenvalue weighted by Gasteiger charge is -2.52. The molecule has 2 fully saturated rings. The minimum atomic E-state index is -0.744. The molecule has 184 valence electrons. The molecule has 2 saturated carbocycles. The van der Waals surface area contributed by atoms with Crippen molar-refractivity contribution < 1.29 is 23.7 Å². The number of rotatable bonds is 4. The van der Waals surface area contributed by atoms with Crippen LogP contribution in [0.2, 0.25) is 0 Å². The Bertz CT molecular complexity index is 1170. The van der Waals surface area contributed by atoms with Crippen molar-refractivity contribution in [2.24, 2.45) is 17.3 Å². The number of fused-ring (bicyclic) bond motifs is 6. The zero-order valence-electron chi connectivity index (χ0n) is 20.8. The summed E-state index contributed by atoms with van der Waals surface area (Å²) in [6, 6.07) is 17.0. The van der Waals surface area contributed by atoms with Gasteiger partial charge in [0.25, 0.3) is 5.79 Å². The van der Waals surface area contributed by atoms with E-state index in [9.17, 15) is 4.79 Å². The van der Waals surface area contributed by atoms with E-state index in [1.54, 1.807) is 0 Å². The number of hydrogen-bond donors (Lipinski definition) is 0. The van der Waals surface area contributed by atoms with Crippen LogP contribution in [0.15, 0.2) is 60.0 Å². The maximum absolute atomic E-state index is 12.3. The van der Waals surface area contributed by atoms with Gasteiger partial charge in [0, 0.05) is 11.8 Å². The molecule has 35 heavy (non-hydrogen) atoms. The summed E-state index contributed by atoms with van der Waals surface area (Å²) in [5, 5.41) is 0. The highest BCUT2D eigenvalue weighted by Crippen LogP contribution is 2.67. The molecular weight excluding hydrogens is 440 g/mol. The molecule has 0 saturated heterocycles. The second-order valence-electron chi connectivity index (χ2n) is 10.9. The summed E-state index contributed by atoms with van der Waals surface area (Å²) in [5.74, 6) is 2.23. The molecule has 0 aromatic heterocycles. The fraction of sp³-hybridized carbons (Fsp3) is 0.500. The Balaban J connectivity index is 1.20. The Hall–Kier alpha value is -2.95. The zero-order chi connectivity index (χ0) is 24.2. The Kier molecular flexibility index (Phi) is 5.35. The van der Waals surface area contributed by atoms with Gasteiger partial charge >= 0.3 is 5.97 Å². The van der Waals surface area contributed by atoms with Gasteiger partial charge in [-0.1, -0.05) is 43.3 Å². The van der Waals surface area contributed by atoms with E-state index in [1.165, 1.54) is 30.2 Å². The predicted octanol–water partition coefficient (Wildman–Crippen LogP) is 6.27. The van der Waals surface area contributed by atoms with Crippen LogP contribution in [0.25, 0.3) is 0 Å². The topological polar surface area (TPSA) is 54.0 Å². The lowest BCUT2D eigenvalue weighted by Crippen LogP contribution is -2.51. The number of aryl methyl sites for hydroxylation is 1. The number of methoxy groups -OCH3 is 1. The van der Waals surface area contributed by atoms with Gasteiger partial charge in [0.2, 0.25) is 5.76 Å². The highest BCUT2D eigenvalue weighted by atomic mass is 16.7. The van der Waals surface area contributed by atoms with E-state index < -0.39 is 11.8 Å². The van der Waals surface area contributed by atoms with Crippen molar-refractivity contribution in [2.75, 3.05) is 7.11 Å². The molecule has 5 heteroatoms. The Morgan fingerprint density at radius 3 is 2.69 bits per heavy atom. The van der Waals surface area contributed by atoms with Gasteiger partial charge in [-0.2, -0.15) is 0 Å². The van der Waals surface area contributed by atoms with E-state index in [0.717, 1.165) is 37.9 Å². The smallest absolute Gasteiger partial charge is 0.377 e. The maximum atomic E-state index is 12.3. The van der Waals surface area contributed by atoms with Gasteiger partial charge in [-0.25, -0.2) is 4.79 Å². The van der Waals surface area contributed by atoms with E-state index in [2.05, 4.69) is 37.3 Å². The van der Waals surface area contributed by atoms with Crippen molar-refractivity contribution in [3.05, 3.63) is 76.7 Å². The molecule has 0 amide bonds. The third kappa shape index (κ3) is 3.46. The van der Waals surface area contributed by atoms with Crippen molar-refractivity contribution in [2.45, 2.75) is 70.7 Å². The largest absolute Gasteiger partial charge is 0.489 e. The van der Waals surface area contributed by atoms with Gasteiger partial charge in [0.05, 0.1) is 7.11 Å². The number of esters is 1. The summed E-state index contributed by atoms with van der Waals surface area (Å²) < 4.78 is 23.8. The molecule has 4 aliphatic rings. The number of benzene rings is 2.